The number of carbonyl (C=O) groups is 2. The molecule has 3 rings (SSSR count). The molecule has 2 N–H and O–H groups in total. The lowest BCUT2D eigenvalue weighted by molar-refractivity contribution is 0.0987. The van der Waals surface area contributed by atoms with Crippen molar-refractivity contribution in [2.75, 3.05) is 12.4 Å². The lowest BCUT2D eigenvalue weighted by Gasteiger charge is -2.15. The first-order valence-electron chi connectivity index (χ1n) is 9.51. The topological polar surface area (TPSA) is 79.2 Å². The number of rotatable bonds is 7. The second-order valence-electron chi connectivity index (χ2n) is 7.01. The summed E-state index contributed by atoms with van der Waals surface area (Å²) >= 11 is 12.0. The predicted octanol–water partition coefficient (Wildman–Crippen LogP) is 6.21. The van der Waals surface area contributed by atoms with Crippen molar-refractivity contribution in [2.24, 2.45) is 0 Å². The van der Waals surface area contributed by atoms with Gasteiger partial charge in [0.25, 0.3) is 5.91 Å². The fraction of sp³-hybridized carbons (Fsp3) is 0.125. The van der Waals surface area contributed by atoms with Crippen molar-refractivity contribution in [2.45, 2.75) is 13.3 Å². The Labute approximate surface area is 194 Å². The van der Waals surface area contributed by atoms with Crippen LogP contribution in [0.5, 0.6) is 5.75 Å². The monoisotopic (exact) mass is 472 g/mol. The Morgan fingerprint density at radius 2 is 1.69 bits per heavy atom. The number of hydrogen-bond acceptors (Lipinski definition) is 4. The number of Topliss-reactive ketones (excluding diaryl/α,β-unsaturated/α-hetero) is 1. The Kier molecular flexibility index (Phi) is 7.28. The molecule has 0 saturated carbocycles. The van der Waals surface area contributed by atoms with E-state index in [0.717, 1.165) is 6.07 Å². The number of hydrogen-bond donors (Lipinski definition) is 2. The molecule has 164 valence electrons. The molecule has 8 heteroatoms. The molecule has 1 amide bonds. The van der Waals surface area contributed by atoms with Gasteiger partial charge < -0.3 is 15.5 Å². The molecule has 0 aromatic heterocycles. The van der Waals surface area contributed by atoms with Crippen molar-refractivity contribution in [1.29, 1.82) is 5.41 Å². The van der Waals surface area contributed by atoms with Gasteiger partial charge in [-0.15, -0.1) is 0 Å². The summed E-state index contributed by atoms with van der Waals surface area (Å²) in [6, 6.07) is 13.4. The van der Waals surface area contributed by atoms with Gasteiger partial charge in [-0.25, -0.2) is 4.39 Å². The molecule has 5 nitrogen and oxygen atoms in total. The largest absolute Gasteiger partial charge is 0.496 e. The van der Waals surface area contributed by atoms with E-state index in [1.165, 1.54) is 38.3 Å². The number of ether oxygens (including phenoxy) is 1. The molecule has 32 heavy (non-hydrogen) atoms. The minimum absolute atomic E-state index is 0.130. The van der Waals surface area contributed by atoms with Gasteiger partial charge in [0.1, 0.15) is 11.6 Å². The third-order valence-electron chi connectivity index (χ3n) is 4.78. The average molecular weight is 473 g/mol. The van der Waals surface area contributed by atoms with Gasteiger partial charge in [-0.05, 0) is 61.0 Å². The molecule has 3 aromatic rings. The molecule has 0 aliphatic heterocycles. The number of amides is 1. The highest BCUT2D eigenvalue weighted by Crippen LogP contribution is 2.30. The van der Waals surface area contributed by atoms with E-state index in [0.29, 0.717) is 16.3 Å². The van der Waals surface area contributed by atoms with E-state index < -0.39 is 17.5 Å². The minimum Gasteiger partial charge on any atom is -0.496 e. The quantitative estimate of drug-likeness (QED) is 0.317. The molecule has 0 aliphatic rings. The minimum atomic E-state index is -0.737. The van der Waals surface area contributed by atoms with Crippen LogP contribution < -0.4 is 10.1 Å². The highest BCUT2D eigenvalue weighted by molar-refractivity contribution is 6.31. The van der Waals surface area contributed by atoms with E-state index in [9.17, 15) is 14.0 Å². The van der Waals surface area contributed by atoms with Gasteiger partial charge in [-0.3, -0.25) is 9.59 Å². The maximum atomic E-state index is 14.5. The fourth-order valence-corrected chi connectivity index (χ4v) is 3.47. The third kappa shape index (κ3) is 5.33. The van der Waals surface area contributed by atoms with Crippen molar-refractivity contribution >= 4 is 46.3 Å². The maximum Gasteiger partial charge on any atom is 0.256 e. The van der Waals surface area contributed by atoms with Gasteiger partial charge in [0.05, 0.1) is 12.7 Å². The van der Waals surface area contributed by atoms with Crippen LogP contribution in [0, 0.1) is 11.2 Å². The second-order valence-corrected chi connectivity index (χ2v) is 7.89. The number of nitrogens with one attached hydrogen (secondary N) is 2. The van der Waals surface area contributed by atoms with Crippen LogP contribution in [0.2, 0.25) is 10.0 Å². The van der Waals surface area contributed by atoms with Gasteiger partial charge in [-0.2, -0.15) is 0 Å². The summed E-state index contributed by atoms with van der Waals surface area (Å²) in [7, 11) is 1.39. The van der Waals surface area contributed by atoms with Crippen LogP contribution in [-0.2, 0) is 6.42 Å². The number of ketones is 1. The number of carbonyl (C=O) groups excluding carboxylic acids is 2. The second kappa shape index (κ2) is 9.94. The zero-order valence-corrected chi connectivity index (χ0v) is 18.8. The standard InChI is InChI=1S/C24H19Cl2FN2O3/c1-13(28)14-3-8-18(21(27)9-14)22(30)12-19-20(10-16(26)11-23(19)32-2)24(31)29-17-6-4-15(25)5-7-17/h3-11,28H,12H2,1-2H3,(H,29,31). The number of benzene rings is 3. The number of methoxy groups -OCH3 is 1. The molecule has 0 heterocycles. The van der Waals surface area contributed by atoms with E-state index in [1.54, 1.807) is 24.3 Å². The van der Waals surface area contributed by atoms with Crippen LogP contribution in [0.15, 0.2) is 54.6 Å². The summed E-state index contributed by atoms with van der Waals surface area (Å²) < 4.78 is 19.9. The van der Waals surface area contributed by atoms with Crippen LogP contribution >= 0.6 is 23.2 Å². The molecule has 0 aliphatic carbocycles. The van der Waals surface area contributed by atoms with E-state index in [1.807, 2.05) is 0 Å². The SMILES string of the molecule is COc1cc(Cl)cc(C(=O)Nc2ccc(Cl)cc2)c1CC(=O)c1ccc(C(C)=N)cc1F. The first kappa shape index (κ1) is 23.4. The Balaban J connectivity index is 1.96. The van der Waals surface area contributed by atoms with Gasteiger partial charge in [0.15, 0.2) is 5.78 Å². The Bertz CT molecular complexity index is 1210. The lowest BCUT2D eigenvalue weighted by atomic mass is 9.96. The van der Waals surface area contributed by atoms with Crippen molar-refractivity contribution in [3.63, 3.8) is 0 Å². The molecule has 0 bridgehead atoms. The molecular formula is C24H19Cl2FN2O3. The van der Waals surface area contributed by atoms with E-state index >= 15 is 0 Å². The lowest BCUT2D eigenvalue weighted by Crippen LogP contribution is -2.17. The van der Waals surface area contributed by atoms with Crippen LogP contribution in [-0.4, -0.2) is 24.5 Å². The van der Waals surface area contributed by atoms with E-state index in [-0.39, 0.29) is 39.6 Å². The van der Waals surface area contributed by atoms with Gasteiger partial charge in [0, 0.05) is 39.0 Å². The van der Waals surface area contributed by atoms with Crippen LogP contribution in [0.25, 0.3) is 0 Å². The summed E-state index contributed by atoms with van der Waals surface area (Å²) in [5.41, 5.74) is 1.33. The smallest absolute Gasteiger partial charge is 0.256 e. The zero-order valence-electron chi connectivity index (χ0n) is 17.3. The van der Waals surface area contributed by atoms with Crippen LogP contribution in [0.1, 0.15) is 38.8 Å². The maximum absolute atomic E-state index is 14.5. The Morgan fingerprint density at radius 3 is 2.28 bits per heavy atom. The summed E-state index contributed by atoms with van der Waals surface area (Å²) in [5, 5.41) is 11.1. The predicted molar refractivity (Wildman–Crippen MR) is 124 cm³/mol. The van der Waals surface area contributed by atoms with Gasteiger partial charge in [0.2, 0.25) is 0 Å². The van der Waals surface area contributed by atoms with Crippen molar-refractivity contribution in [1.82, 2.24) is 0 Å². The normalized spacial score (nSPS) is 10.5. The Morgan fingerprint density at radius 1 is 1.00 bits per heavy atom. The van der Waals surface area contributed by atoms with Gasteiger partial charge >= 0.3 is 0 Å². The summed E-state index contributed by atoms with van der Waals surface area (Å²) in [5.74, 6) is -1.55. The summed E-state index contributed by atoms with van der Waals surface area (Å²) in [6.07, 6.45) is -0.288. The highest BCUT2D eigenvalue weighted by atomic mass is 35.5. The molecule has 0 fully saturated rings. The molecule has 0 saturated heterocycles. The van der Waals surface area contributed by atoms with E-state index in [4.69, 9.17) is 33.3 Å². The summed E-state index contributed by atoms with van der Waals surface area (Å²) in [6.45, 7) is 1.53. The fourth-order valence-electron chi connectivity index (χ4n) is 3.14. The van der Waals surface area contributed by atoms with Crippen LogP contribution in [0.3, 0.4) is 0 Å². The number of halogens is 3. The molecule has 0 unspecified atom stereocenters. The highest BCUT2D eigenvalue weighted by Gasteiger charge is 2.22. The molecule has 0 radical (unpaired) electrons. The molecule has 0 spiro atoms. The average Bonchev–Trinajstić information content (AvgIpc) is 2.75. The summed E-state index contributed by atoms with van der Waals surface area (Å²) in [4.78, 5) is 25.9. The van der Waals surface area contributed by atoms with Gasteiger partial charge in [-0.1, -0.05) is 29.3 Å². The number of anilines is 1. The van der Waals surface area contributed by atoms with Crippen LogP contribution in [0.4, 0.5) is 10.1 Å². The first-order valence-corrected chi connectivity index (χ1v) is 10.3. The van der Waals surface area contributed by atoms with Crippen molar-refractivity contribution < 1.29 is 18.7 Å². The van der Waals surface area contributed by atoms with Crippen molar-refractivity contribution in [3.05, 3.63) is 92.7 Å². The van der Waals surface area contributed by atoms with Crippen molar-refractivity contribution in [3.8, 4) is 5.75 Å². The Hall–Kier alpha value is -3.22. The van der Waals surface area contributed by atoms with E-state index in [2.05, 4.69) is 5.32 Å². The zero-order chi connectivity index (χ0) is 23.4. The molecule has 3 aromatic carbocycles. The third-order valence-corrected chi connectivity index (χ3v) is 5.25. The first-order chi connectivity index (χ1) is 15.2. The molecular weight excluding hydrogens is 454 g/mol. The molecule has 0 atom stereocenters.